The maximum Gasteiger partial charge on any atom is 0.0807 e. The van der Waals surface area contributed by atoms with Gasteiger partial charge >= 0.3 is 0 Å². The summed E-state index contributed by atoms with van der Waals surface area (Å²) in [5.41, 5.74) is 0.519. The maximum absolute atomic E-state index is 5.07. The molecule has 0 radical (unpaired) electrons. The summed E-state index contributed by atoms with van der Waals surface area (Å²) < 4.78 is -0.0235. The van der Waals surface area contributed by atoms with Crippen molar-refractivity contribution < 1.29 is 0 Å². The van der Waals surface area contributed by atoms with Crippen molar-refractivity contribution in [2.24, 2.45) is 5.41 Å². The van der Waals surface area contributed by atoms with Crippen LogP contribution in [0.15, 0.2) is 0 Å². The van der Waals surface area contributed by atoms with Gasteiger partial charge in [0.1, 0.15) is 0 Å². The van der Waals surface area contributed by atoms with E-state index in [1.165, 1.54) is 6.42 Å². The highest BCUT2D eigenvalue weighted by Crippen LogP contribution is 2.61. The van der Waals surface area contributed by atoms with Crippen LogP contribution in [0.2, 0.25) is 0 Å². The Balaban J connectivity index is 3.32. The van der Waals surface area contributed by atoms with Crippen molar-refractivity contribution >= 4 is 24.4 Å². The average Bonchev–Trinajstić information content (AvgIpc) is 2.11. The van der Waals surface area contributed by atoms with Crippen molar-refractivity contribution in [1.29, 1.82) is 0 Å². The molecule has 16 heavy (non-hydrogen) atoms. The van der Waals surface area contributed by atoms with Crippen LogP contribution in [0.25, 0.3) is 0 Å². The van der Waals surface area contributed by atoms with Gasteiger partial charge in [-0.25, -0.2) is 0 Å². The van der Waals surface area contributed by atoms with Gasteiger partial charge in [-0.15, -0.1) is 11.8 Å². The molecule has 0 aromatic heterocycles. The fraction of sp³-hybridized carbons (Fsp3) is 1.00. The van der Waals surface area contributed by atoms with Gasteiger partial charge in [-0.1, -0.05) is 13.8 Å². The highest BCUT2D eigenvalue weighted by Gasteiger charge is 2.61. The summed E-state index contributed by atoms with van der Waals surface area (Å²) in [6.07, 6.45) is 3.35. The van der Waals surface area contributed by atoms with Crippen molar-refractivity contribution in [3.63, 3.8) is 0 Å². The summed E-state index contributed by atoms with van der Waals surface area (Å²) in [4.78, 5) is 2.49. The first-order valence-corrected chi connectivity index (χ1v) is 7.61. The van der Waals surface area contributed by atoms with Crippen LogP contribution in [0.1, 0.15) is 48.0 Å². The van der Waals surface area contributed by atoms with Crippen molar-refractivity contribution in [1.82, 2.24) is 4.90 Å². The Hall–Kier alpha value is 0.660. The molecule has 1 nitrogen and oxygen atoms in total. The lowest BCUT2D eigenvalue weighted by atomic mass is 9.65. The van der Waals surface area contributed by atoms with E-state index in [0.29, 0.717) is 0 Å². The Morgan fingerprint density at radius 1 is 1.06 bits per heavy atom. The standard InChI is InChI=1S/C13H27NS2/c1-10(2)9-11(3,4)14(7)12(5,6)13(10,15)16-8/h15H,9H2,1-8H3. The first-order valence-electron chi connectivity index (χ1n) is 5.94. The molecule has 1 unspecified atom stereocenters. The van der Waals surface area contributed by atoms with E-state index >= 15 is 0 Å². The summed E-state index contributed by atoms with van der Waals surface area (Å²) in [7, 11) is 2.23. The van der Waals surface area contributed by atoms with Crippen molar-refractivity contribution in [3.8, 4) is 0 Å². The smallest absolute Gasteiger partial charge is 0.0807 e. The van der Waals surface area contributed by atoms with Gasteiger partial charge in [0.05, 0.1) is 4.08 Å². The van der Waals surface area contributed by atoms with Crippen LogP contribution >= 0.6 is 24.4 Å². The Morgan fingerprint density at radius 3 is 1.88 bits per heavy atom. The largest absolute Gasteiger partial charge is 0.294 e. The number of piperidine rings is 1. The fourth-order valence-corrected chi connectivity index (χ4v) is 5.15. The first-order chi connectivity index (χ1) is 6.92. The number of nitrogens with zero attached hydrogens (tertiary/aromatic N) is 1. The van der Waals surface area contributed by atoms with Crippen LogP contribution in [0.3, 0.4) is 0 Å². The molecule has 0 saturated carbocycles. The van der Waals surface area contributed by atoms with Crippen LogP contribution in [0.5, 0.6) is 0 Å². The van der Waals surface area contributed by atoms with E-state index in [-0.39, 0.29) is 20.6 Å². The lowest BCUT2D eigenvalue weighted by molar-refractivity contribution is -0.0619. The van der Waals surface area contributed by atoms with E-state index in [1.54, 1.807) is 0 Å². The monoisotopic (exact) mass is 261 g/mol. The van der Waals surface area contributed by atoms with Gasteiger partial charge in [-0.05, 0) is 52.8 Å². The molecule has 1 aliphatic rings. The second kappa shape index (κ2) is 3.83. The third-order valence-electron chi connectivity index (χ3n) is 4.66. The molecule has 0 aliphatic carbocycles. The van der Waals surface area contributed by atoms with Crippen LogP contribution < -0.4 is 0 Å². The van der Waals surface area contributed by atoms with Crippen LogP contribution in [-0.2, 0) is 0 Å². The maximum atomic E-state index is 5.07. The summed E-state index contributed by atoms with van der Waals surface area (Å²) in [5.74, 6) is 0. The molecule has 0 bridgehead atoms. The van der Waals surface area contributed by atoms with Gasteiger partial charge in [-0.3, -0.25) is 4.90 Å². The SMILES string of the molecule is CSC1(S)C(C)(C)CC(C)(C)N(C)C1(C)C. The van der Waals surface area contributed by atoms with Gasteiger partial charge in [0.15, 0.2) is 0 Å². The Morgan fingerprint density at radius 2 is 1.50 bits per heavy atom. The molecule has 0 aromatic carbocycles. The van der Waals surface area contributed by atoms with E-state index in [2.05, 4.69) is 59.7 Å². The number of thiol groups is 1. The van der Waals surface area contributed by atoms with Gasteiger partial charge in [0.25, 0.3) is 0 Å². The highest BCUT2D eigenvalue weighted by atomic mass is 32.2. The normalized spacial score (nSPS) is 37.3. The average molecular weight is 262 g/mol. The molecule has 0 aromatic rings. The van der Waals surface area contributed by atoms with Crippen LogP contribution in [0.4, 0.5) is 0 Å². The fourth-order valence-electron chi connectivity index (χ4n) is 3.66. The third kappa shape index (κ3) is 1.74. The molecule has 1 rings (SSSR count). The minimum atomic E-state index is -0.0235. The number of thioether (sulfide) groups is 1. The predicted octanol–water partition coefficient (Wildman–Crippen LogP) is 3.89. The second-order valence-corrected chi connectivity index (χ2v) is 8.83. The van der Waals surface area contributed by atoms with Crippen molar-refractivity contribution in [3.05, 3.63) is 0 Å². The van der Waals surface area contributed by atoms with E-state index in [9.17, 15) is 0 Å². The van der Waals surface area contributed by atoms with Crippen LogP contribution in [-0.4, -0.2) is 33.4 Å². The molecule has 1 heterocycles. The summed E-state index contributed by atoms with van der Waals surface area (Å²) >= 11 is 6.96. The third-order valence-corrected chi connectivity index (χ3v) is 8.01. The number of hydrogen-bond donors (Lipinski definition) is 1. The highest BCUT2D eigenvalue weighted by molar-refractivity contribution is 8.11. The van der Waals surface area contributed by atoms with E-state index < -0.39 is 0 Å². The quantitative estimate of drug-likeness (QED) is 0.563. The summed E-state index contributed by atoms with van der Waals surface area (Å²) in [5, 5.41) is 0. The molecule has 1 saturated heterocycles. The molecule has 0 spiro atoms. The lowest BCUT2D eigenvalue weighted by Gasteiger charge is -2.65. The molecule has 3 heteroatoms. The number of likely N-dealkylation sites (tertiary alicyclic amines) is 1. The molecule has 0 N–H and O–H groups in total. The van der Waals surface area contributed by atoms with Gasteiger partial charge in [-0.2, -0.15) is 12.6 Å². The Kier molecular flexibility index (Phi) is 3.52. The van der Waals surface area contributed by atoms with Crippen molar-refractivity contribution in [2.45, 2.75) is 63.1 Å². The molecule has 0 amide bonds. The summed E-state index contributed by atoms with van der Waals surface area (Å²) in [6, 6.07) is 0. The lowest BCUT2D eigenvalue weighted by Crippen LogP contribution is -2.71. The summed E-state index contributed by atoms with van der Waals surface area (Å²) in [6.45, 7) is 14.0. The molecule has 1 fully saturated rings. The van der Waals surface area contributed by atoms with Crippen molar-refractivity contribution in [2.75, 3.05) is 13.3 Å². The topological polar surface area (TPSA) is 3.24 Å². The van der Waals surface area contributed by atoms with E-state index in [4.69, 9.17) is 12.6 Å². The minimum Gasteiger partial charge on any atom is -0.294 e. The second-order valence-electron chi connectivity index (χ2n) is 6.84. The van der Waals surface area contributed by atoms with E-state index in [1.807, 2.05) is 11.8 Å². The molecule has 1 aliphatic heterocycles. The number of hydrogen-bond acceptors (Lipinski definition) is 3. The minimum absolute atomic E-state index is 0.0235. The Labute approximate surface area is 111 Å². The van der Waals surface area contributed by atoms with Gasteiger partial charge in [0.2, 0.25) is 0 Å². The van der Waals surface area contributed by atoms with Gasteiger partial charge in [0, 0.05) is 11.1 Å². The first kappa shape index (κ1) is 14.7. The molecular formula is C13H27NS2. The molecule has 96 valence electrons. The van der Waals surface area contributed by atoms with Crippen LogP contribution in [0, 0.1) is 5.41 Å². The molecule has 1 atom stereocenters. The predicted molar refractivity (Wildman–Crippen MR) is 79.6 cm³/mol. The molecular weight excluding hydrogens is 234 g/mol. The zero-order valence-corrected chi connectivity index (χ0v) is 13.7. The zero-order valence-electron chi connectivity index (χ0n) is 12.0. The Bertz CT molecular complexity index is 284. The number of rotatable bonds is 1. The van der Waals surface area contributed by atoms with Gasteiger partial charge < -0.3 is 0 Å². The van der Waals surface area contributed by atoms with E-state index in [0.717, 1.165) is 0 Å². The zero-order chi connectivity index (χ0) is 13.0.